The van der Waals surface area contributed by atoms with Gasteiger partial charge in [-0.25, -0.2) is 0 Å². The summed E-state index contributed by atoms with van der Waals surface area (Å²) in [5.41, 5.74) is -0.290. The van der Waals surface area contributed by atoms with Crippen LogP contribution in [0.1, 0.15) is 13.8 Å². The quantitative estimate of drug-likeness (QED) is 0.571. The zero-order valence-electron chi connectivity index (χ0n) is 8.17. The van der Waals surface area contributed by atoms with Gasteiger partial charge in [-0.05, 0) is 20.9 Å². The van der Waals surface area contributed by atoms with Crippen molar-refractivity contribution in [2.75, 3.05) is 33.2 Å². The minimum absolute atomic E-state index is 0.290. The van der Waals surface area contributed by atoms with Crippen LogP contribution in [0.4, 0.5) is 0 Å². The molecule has 0 spiro atoms. The number of hydrogen-bond acceptors (Lipinski definition) is 3. The highest BCUT2D eigenvalue weighted by atomic mass is 15.3. The maximum Gasteiger partial charge on any atom is 0.103 e. The van der Waals surface area contributed by atoms with E-state index >= 15 is 0 Å². The van der Waals surface area contributed by atoms with E-state index in [1.165, 1.54) is 0 Å². The van der Waals surface area contributed by atoms with Gasteiger partial charge >= 0.3 is 0 Å². The van der Waals surface area contributed by atoms with Crippen LogP contribution in [0, 0.1) is 11.3 Å². The third kappa shape index (κ3) is 1.96. The van der Waals surface area contributed by atoms with Crippen LogP contribution in [0.5, 0.6) is 0 Å². The van der Waals surface area contributed by atoms with Crippen LogP contribution in [0.3, 0.4) is 0 Å². The second-order valence-electron chi connectivity index (χ2n) is 3.96. The molecule has 3 heteroatoms. The molecule has 0 aliphatic carbocycles. The second-order valence-corrected chi connectivity index (χ2v) is 3.96. The van der Waals surface area contributed by atoms with Crippen LogP contribution >= 0.6 is 0 Å². The Hall–Kier alpha value is -0.590. The normalized spacial score (nSPS) is 22.2. The van der Waals surface area contributed by atoms with Gasteiger partial charge in [0.05, 0.1) is 6.07 Å². The van der Waals surface area contributed by atoms with Gasteiger partial charge in [-0.15, -0.1) is 0 Å². The lowest BCUT2D eigenvalue weighted by Crippen LogP contribution is -2.53. The summed E-state index contributed by atoms with van der Waals surface area (Å²) in [5, 5.41) is 8.91. The molecule has 0 N–H and O–H groups in total. The Morgan fingerprint density at radius 3 is 2.08 bits per heavy atom. The summed E-state index contributed by atoms with van der Waals surface area (Å²) in [7, 11) is 2.12. The Morgan fingerprint density at radius 1 is 1.17 bits per heavy atom. The standard InChI is InChI=1S/C9H17N3/c1-9(2,8-10)12-6-4-11(3)5-7-12/h4-7H2,1-3H3. The second kappa shape index (κ2) is 3.42. The number of piperazine rings is 1. The first-order chi connectivity index (χ1) is 5.56. The summed E-state index contributed by atoms with van der Waals surface area (Å²) in [6.07, 6.45) is 0. The van der Waals surface area contributed by atoms with Crippen molar-refractivity contribution in [2.24, 2.45) is 0 Å². The van der Waals surface area contributed by atoms with Crippen LogP contribution in [0.15, 0.2) is 0 Å². The summed E-state index contributed by atoms with van der Waals surface area (Å²) in [5.74, 6) is 0. The number of likely N-dealkylation sites (N-methyl/N-ethyl adjacent to an activating group) is 1. The molecule has 12 heavy (non-hydrogen) atoms. The molecule has 0 unspecified atom stereocenters. The molecule has 1 fully saturated rings. The van der Waals surface area contributed by atoms with Gasteiger partial charge in [-0.1, -0.05) is 0 Å². The summed E-state index contributed by atoms with van der Waals surface area (Å²) in [6, 6.07) is 2.33. The highest BCUT2D eigenvalue weighted by Gasteiger charge is 2.28. The summed E-state index contributed by atoms with van der Waals surface area (Å²) >= 11 is 0. The molecule has 1 aliphatic rings. The van der Waals surface area contributed by atoms with Crippen LogP contribution < -0.4 is 0 Å². The van der Waals surface area contributed by atoms with E-state index in [1.807, 2.05) is 13.8 Å². The van der Waals surface area contributed by atoms with E-state index in [4.69, 9.17) is 5.26 Å². The zero-order valence-corrected chi connectivity index (χ0v) is 8.17. The van der Waals surface area contributed by atoms with Gasteiger partial charge in [-0.2, -0.15) is 5.26 Å². The molecule has 68 valence electrons. The van der Waals surface area contributed by atoms with Crippen molar-refractivity contribution in [1.82, 2.24) is 9.80 Å². The maximum absolute atomic E-state index is 8.91. The molecule has 0 radical (unpaired) electrons. The fourth-order valence-corrected chi connectivity index (χ4v) is 1.44. The van der Waals surface area contributed by atoms with Crippen molar-refractivity contribution in [3.05, 3.63) is 0 Å². The Bertz CT molecular complexity index is 184. The Balaban J connectivity index is 2.51. The predicted molar refractivity (Wildman–Crippen MR) is 48.8 cm³/mol. The first-order valence-corrected chi connectivity index (χ1v) is 4.41. The molecule has 1 rings (SSSR count). The molecule has 0 bridgehead atoms. The van der Waals surface area contributed by atoms with Crippen LogP contribution in [0.25, 0.3) is 0 Å². The van der Waals surface area contributed by atoms with Gasteiger partial charge in [0.2, 0.25) is 0 Å². The third-order valence-corrected chi connectivity index (χ3v) is 2.57. The smallest absolute Gasteiger partial charge is 0.103 e. The third-order valence-electron chi connectivity index (χ3n) is 2.57. The van der Waals surface area contributed by atoms with Gasteiger partial charge in [0.15, 0.2) is 0 Å². The van der Waals surface area contributed by atoms with Gasteiger partial charge in [0, 0.05) is 26.2 Å². The van der Waals surface area contributed by atoms with Crippen molar-refractivity contribution in [2.45, 2.75) is 19.4 Å². The molecule has 1 heterocycles. The average Bonchev–Trinajstić information content (AvgIpc) is 2.05. The van der Waals surface area contributed by atoms with Crippen molar-refractivity contribution < 1.29 is 0 Å². The number of hydrogen-bond donors (Lipinski definition) is 0. The van der Waals surface area contributed by atoms with Crippen LogP contribution in [-0.2, 0) is 0 Å². The Labute approximate surface area is 74.6 Å². The van der Waals surface area contributed by atoms with E-state index in [-0.39, 0.29) is 5.54 Å². The number of nitrogens with zero attached hydrogens (tertiary/aromatic N) is 3. The van der Waals surface area contributed by atoms with Gasteiger partial charge in [-0.3, -0.25) is 4.90 Å². The molecule has 1 aliphatic heterocycles. The van der Waals surface area contributed by atoms with Crippen molar-refractivity contribution >= 4 is 0 Å². The molecular formula is C9H17N3. The first-order valence-electron chi connectivity index (χ1n) is 4.41. The van der Waals surface area contributed by atoms with E-state index < -0.39 is 0 Å². The van der Waals surface area contributed by atoms with Gasteiger partial charge in [0.25, 0.3) is 0 Å². The monoisotopic (exact) mass is 167 g/mol. The maximum atomic E-state index is 8.91. The number of rotatable bonds is 1. The fraction of sp³-hybridized carbons (Fsp3) is 0.889. The average molecular weight is 167 g/mol. The van der Waals surface area contributed by atoms with Gasteiger partial charge in [0.1, 0.15) is 5.54 Å². The molecule has 0 saturated carbocycles. The lowest BCUT2D eigenvalue weighted by Gasteiger charge is -2.39. The predicted octanol–water partition coefficient (Wildman–Crippen LogP) is 0.536. The highest BCUT2D eigenvalue weighted by Crippen LogP contribution is 2.14. The Kier molecular flexibility index (Phi) is 2.71. The highest BCUT2D eigenvalue weighted by molar-refractivity contribution is 5.02. The lowest BCUT2D eigenvalue weighted by molar-refractivity contribution is 0.0935. The molecule has 1 saturated heterocycles. The van der Waals surface area contributed by atoms with E-state index in [0.717, 1.165) is 26.2 Å². The summed E-state index contributed by atoms with van der Waals surface area (Å²) in [4.78, 5) is 4.54. The van der Waals surface area contributed by atoms with Crippen molar-refractivity contribution in [3.8, 4) is 6.07 Å². The minimum Gasteiger partial charge on any atom is -0.304 e. The Morgan fingerprint density at radius 2 is 1.67 bits per heavy atom. The molecule has 0 atom stereocenters. The molecular weight excluding hydrogens is 150 g/mol. The topological polar surface area (TPSA) is 30.3 Å². The molecule has 0 aromatic carbocycles. The molecule has 0 aromatic heterocycles. The van der Waals surface area contributed by atoms with Crippen LogP contribution in [0.2, 0.25) is 0 Å². The largest absolute Gasteiger partial charge is 0.304 e. The SMILES string of the molecule is CN1CCN(C(C)(C)C#N)CC1. The van der Waals surface area contributed by atoms with Crippen molar-refractivity contribution in [3.63, 3.8) is 0 Å². The van der Waals surface area contributed by atoms with E-state index in [0.29, 0.717) is 0 Å². The summed E-state index contributed by atoms with van der Waals surface area (Å²) < 4.78 is 0. The van der Waals surface area contributed by atoms with E-state index in [9.17, 15) is 0 Å². The minimum atomic E-state index is -0.290. The summed E-state index contributed by atoms with van der Waals surface area (Å²) in [6.45, 7) is 8.14. The molecule has 0 aromatic rings. The first kappa shape index (κ1) is 9.50. The van der Waals surface area contributed by atoms with E-state index in [1.54, 1.807) is 0 Å². The van der Waals surface area contributed by atoms with Crippen LogP contribution in [-0.4, -0.2) is 48.6 Å². The van der Waals surface area contributed by atoms with E-state index in [2.05, 4.69) is 22.9 Å². The molecule has 0 amide bonds. The molecule has 3 nitrogen and oxygen atoms in total. The zero-order chi connectivity index (χ0) is 9.19. The van der Waals surface area contributed by atoms with Gasteiger partial charge < -0.3 is 4.90 Å². The lowest BCUT2D eigenvalue weighted by atomic mass is 10.0. The number of nitriles is 1. The fourth-order valence-electron chi connectivity index (χ4n) is 1.44. The van der Waals surface area contributed by atoms with Crippen molar-refractivity contribution in [1.29, 1.82) is 5.26 Å².